The number of fused-ring (bicyclic) bond motifs is 3. The number of ketones is 1. The second-order valence-corrected chi connectivity index (χ2v) is 10.1. The number of carbonyl (C=O) groups is 3. The van der Waals surface area contributed by atoms with Gasteiger partial charge in [-0.1, -0.05) is 40.7 Å². The Morgan fingerprint density at radius 2 is 1.77 bits per heavy atom. The lowest BCUT2D eigenvalue weighted by atomic mass is 9.65. The predicted octanol–water partition coefficient (Wildman–Crippen LogP) is 2.72. The van der Waals surface area contributed by atoms with E-state index in [1.54, 1.807) is 13.0 Å². The summed E-state index contributed by atoms with van der Waals surface area (Å²) in [5.41, 5.74) is -2.55. The van der Waals surface area contributed by atoms with Gasteiger partial charge in [0.15, 0.2) is 5.60 Å². The Balaban J connectivity index is 2.12. The van der Waals surface area contributed by atoms with E-state index >= 15 is 0 Å². The van der Waals surface area contributed by atoms with Crippen LogP contribution in [0.25, 0.3) is 0 Å². The van der Waals surface area contributed by atoms with Crippen LogP contribution in [0.3, 0.4) is 0 Å². The molecule has 0 aliphatic heterocycles. The van der Waals surface area contributed by atoms with Gasteiger partial charge in [0.2, 0.25) is 0 Å². The fraction of sp³-hybridized carbons (Fsp3) is 0.792. The minimum Gasteiger partial charge on any atom is -0.458 e. The summed E-state index contributed by atoms with van der Waals surface area (Å²) in [5.74, 6) is -2.40. The molecule has 3 aliphatic rings. The van der Waals surface area contributed by atoms with Crippen LogP contribution in [0, 0.1) is 23.2 Å². The first-order valence-corrected chi connectivity index (χ1v) is 11.4. The summed E-state index contributed by atoms with van der Waals surface area (Å²) in [4.78, 5) is 37.8. The topological polar surface area (TPSA) is 110 Å². The van der Waals surface area contributed by atoms with E-state index in [1.807, 2.05) is 27.7 Å². The van der Waals surface area contributed by atoms with E-state index in [0.29, 0.717) is 18.4 Å². The van der Waals surface area contributed by atoms with Crippen molar-refractivity contribution >= 4 is 17.7 Å². The zero-order valence-corrected chi connectivity index (χ0v) is 19.3. The molecule has 0 aromatic rings. The first-order valence-electron chi connectivity index (χ1n) is 11.4. The molecule has 3 aliphatic carbocycles. The molecule has 31 heavy (non-hydrogen) atoms. The Morgan fingerprint density at radius 1 is 1.16 bits per heavy atom. The zero-order valence-electron chi connectivity index (χ0n) is 19.3. The minimum absolute atomic E-state index is 0.0814. The molecule has 0 aromatic carbocycles. The molecule has 7 heteroatoms. The van der Waals surface area contributed by atoms with Crippen molar-refractivity contribution in [2.24, 2.45) is 23.2 Å². The Bertz CT molecular complexity index is 785. The Kier molecular flexibility index (Phi) is 6.42. The summed E-state index contributed by atoms with van der Waals surface area (Å²) in [7, 11) is 0. The third kappa shape index (κ3) is 3.63. The number of Topliss-reactive ketones (excluding diaryl/α,β-unsaturated/α-hetero) is 1. The lowest BCUT2D eigenvalue weighted by Crippen LogP contribution is -2.61. The summed E-state index contributed by atoms with van der Waals surface area (Å²) >= 11 is 0. The van der Waals surface area contributed by atoms with E-state index in [0.717, 1.165) is 0 Å². The quantitative estimate of drug-likeness (QED) is 0.466. The van der Waals surface area contributed by atoms with Crippen LogP contribution in [-0.4, -0.2) is 51.8 Å². The Morgan fingerprint density at radius 3 is 2.35 bits per heavy atom. The molecule has 3 rings (SSSR count). The molecule has 6 atom stereocenters. The standard InChI is InChI=1S/C24H36O7/c1-6-8-18(27)30-21-14(3)23(29)12-16(26)10-15(13-25)11-17(23)20-22(4,5)24(20,21)31-19(28)9-7-2/h11,14,17,20-21,25,29H,6-10,12-13H2,1-5H3/t14-,17+,20?,21-,23-,24-/m1/s1. The van der Waals surface area contributed by atoms with Crippen LogP contribution < -0.4 is 0 Å². The first-order chi connectivity index (χ1) is 14.5. The molecule has 0 bridgehead atoms. The van der Waals surface area contributed by atoms with Gasteiger partial charge in [-0.25, -0.2) is 0 Å². The maximum absolute atomic E-state index is 12.6. The highest BCUT2D eigenvalue weighted by molar-refractivity contribution is 5.83. The van der Waals surface area contributed by atoms with Crippen molar-refractivity contribution in [2.45, 2.75) is 90.4 Å². The van der Waals surface area contributed by atoms with Crippen LogP contribution in [-0.2, 0) is 23.9 Å². The van der Waals surface area contributed by atoms with Crippen molar-refractivity contribution in [1.29, 1.82) is 0 Å². The zero-order chi connectivity index (χ0) is 23.2. The van der Waals surface area contributed by atoms with Gasteiger partial charge in [0, 0.05) is 48.9 Å². The van der Waals surface area contributed by atoms with Gasteiger partial charge in [-0.15, -0.1) is 0 Å². The Labute approximate surface area is 184 Å². The summed E-state index contributed by atoms with van der Waals surface area (Å²) in [6.07, 6.45) is 2.65. The molecule has 0 heterocycles. The summed E-state index contributed by atoms with van der Waals surface area (Å²) < 4.78 is 12.0. The highest BCUT2D eigenvalue weighted by atomic mass is 16.6. The van der Waals surface area contributed by atoms with Crippen LogP contribution >= 0.6 is 0 Å². The van der Waals surface area contributed by atoms with E-state index in [1.165, 1.54) is 0 Å². The largest absolute Gasteiger partial charge is 0.458 e. The molecule has 7 nitrogen and oxygen atoms in total. The lowest BCUT2D eigenvalue weighted by Gasteiger charge is -2.48. The van der Waals surface area contributed by atoms with Gasteiger partial charge in [-0.2, -0.15) is 0 Å². The third-order valence-electron chi connectivity index (χ3n) is 7.74. The molecule has 2 saturated carbocycles. The summed E-state index contributed by atoms with van der Waals surface area (Å²) in [6, 6.07) is 0. The van der Waals surface area contributed by atoms with Gasteiger partial charge in [-0.3, -0.25) is 14.4 Å². The maximum Gasteiger partial charge on any atom is 0.306 e. The van der Waals surface area contributed by atoms with Crippen molar-refractivity contribution < 1.29 is 34.1 Å². The number of ether oxygens (including phenoxy) is 2. The van der Waals surface area contributed by atoms with Crippen LogP contribution in [0.5, 0.6) is 0 Å². The van der Waals surface area contributed by atoms with Gasteiger partial charge < -0.3 is 19.7 Å². The number of aliphatic hydroxyl groups is 2. The molecule has 0 saturated heterocycles. The first kappa shape index (κ1) is 23.9. The van der Waals surface area contributed by atoms with E-state index in [4.69, 9.17) is 9.47 Å². The van der Waals surface area contributed by atoms with Gasteiger partial charge in [0.1, 0.15) is 11.9 Å². The van der Waals surface area contributed by atoms with E-state index in [2.05, 4.69) is 0 Å². The van der Waals surface area contributed by atoms with Crippen molar-refractivity contribution in [3.8, 4) is 0 Å². The maximum atomic E-state index is 12.6. The predicted molar refractivity (Wildman–Crippen MR) is 113 cm³/mol. The van der Waals surface area contributed by atoms with Gasteiger partial charge in [0.05, 0.1) is 12.2 Å². The average molecular weight is 437 g/mol. The normalized spacial score (nSPS) is 38.3. The molecular weight excluding hydrogens is 400 g/mol. The molecule has 2 N–H and O–H groups in total. The number of rotatable bonds is 7. The molecule has 2 fully saturated rings. The van der Waals surface area contributed by atoms with Crippen molar-refractivity contribution in [3.05, 3.63) is 11.6 Å². The van der Waals surface area contributed by atoms with Gasteiger partial charge >= 0.3 is 11.9 Å². The molecule has 1 unspecified atom stereocenters. The summed E-state index contributed by atoms with van der Waals surface area (Å²) in [6.45, 7) is 9.17. The smallest absolute Gasteiger partial charge is 0.306 e. The van der Waals surface area contributed by atoms with Crippen LogP contribution in [0.1, 0.15) is 73.1 Å². The minimum atomic E-state index is -1.45. The molecule has 0 aromatic heterocycles. The number of hydrogen-bond donors (Lipinski definition) is 2. The SMILES string of the molecule is CCCC(=O)O[C@@H]1[C@@H](C)[C@]2(O)CC(=O)CC(CO)=C[C@H]2C2C(C)(C)[C@@]21OC(=O)CCC. The van der Waals surface area contributed by atoms with Crippen molar-refractivity contribution in [2.75, 3.05) is 6.61 Å². The molecule has 0 amide bonds. The molecule has 0 spiro atoms. The van der Waals surface area contributed by atoms with Crippen molar-refractivity contribution in [1.82, 2.24) is 0 Å². The van der Waals surface area contributed by atoms with Crippen LogP contribution in [0.15, 0.2) is 11.6 Å². The van der Waals surface area contributed by atoms with Crippen LogP contribution in [0.4, 0.5) is 0 Å². The van der Waals surface area contributed by atoms with Crippen LogP contribution in [0.2, 0.25) is 0 Å². The monoisotopic (exact) mass is 436 g/mol. The average Bonchev–Trinajstić information content (AvgIpc) is 3.20. The molecular formula is C24H36O7. The molecule has 0 radical (unpaired) electrons. The summed E-state index contributed by atoms with van der Waals surface area (Å²) in [5, 5.41) is 21.6. The van der Waals surface area contributed by atoms with Crippen molar-refractivity contribution in [3.63, 3.8) is 0 Å². The highest BCUT2D eigenvalue weighted by Crippen LogP contribution is 2.75. The second kappa shape index (κ2) is 8.32. The lowest BCUT2D eigenvalue weighted by molar-refractivity contribution is -0.212. The fourth-order valence-corrected chi connectivity index (χ4v) is 6.15. The number of hydrogen-bond acceptors (Lipinski definition) is 7. The van der Waals surface area contributed by atoms with E-state index in [-0.39, 0.29) is 50.0 Å². The fourth-order valence-electron chi connectivity index (χ4n) is 6.15. The van der Waals surface area contributed by atoms with E-state index in [9.17, 15) is 24.6 Å². The van der Waals surface area contributed by atoms with Gasteiger partial charge in [0.25, 0.3) is 0 Å². The highest BCUT2D eigenvalue weighted by Gasteiger charge is 2.86. The number of carbonyl (C=O) groups excluding carboxylic acids is 3. The number of aliphatic hydroxyl groups excluding tert-OH is 1. The third-order valence-corrected chi connectivity index (χ3v) is 7.74. The molecule has 174 valence electrons. The number of esters is 2. The Hall–Kier alpha value is -1.73. The van der Waals surface area contributed by atoms with E-state index < -0.39 is 40.5 Å². The van der Waals surface area contributed by atoms with Gasteiger partial charge in [-0.05, 0) is 18.4 Å². The second-order valence-electron chi connectivity index (χ2n) is 10.1.